The van der Waals surface area contributed by atoms with Crippen molar-refractivity contribution in [1.82, 2.24) is 9.88 Å². The lowest BCUT2D eigenvalue weighted by Gasteiger charge is -2.12. The number of halogens is 2. The Morgan fingerprint density at radius 2 is 1.91 bits per heavy atom. The number of aromatic nitrogens is 1. The van der Waals surface area contributed by atoms with Crippen molar-refractivity contribution >= 4 is 40.5 Å². The van der Waals surface area contributed by atoms with Crippen molar-refractivity contribution in [2.24, 2.45) is 0 Å². The van der Waals surface area contributed by atoms with Crippen LogP contribution in [0, 0.1) is 0 Å². The molecule has 0 atom stereocenters. The maximum Gasteiger partial charge on any atom is 0.274 e. The van der Waals surface area contributed by atoms with E-state index in [1.807, 2.05) is 20.2 Å². The summed E-state index contributed by atoms with van der Waals surface area (Å²) in [4.78, 5) is 18.5. The number of rotatable bonds is 6. The molecule has 1 heterocycles. The van der Waals surface area contributed by atoms with Crippen LogP contribution in [0.5, 0.6) is 0 Å². The smallest absolute Gasteiger partial charge is 0.274 e. The third-order valence-electron chi connectivity index (χ3n) is 3.08. The Bertz CT molecular complexity index is 671. The minimum absolute atomic E-state index is 0.288. The quantitative estimate of drug-likeness (QED) is 0.833. The molecule has 23 heavy (non-hydrogen) atoms. The molecule has 0 saturated heterocycles. The van der Waals surface area contributed by atoms with E-state index in [0.29, 0.717) is 15.7 Å². The molecule has 2 aromatic rings. The third-order valence-corrected chi connectivity index (χ3v) is 3.71. The van der Waals surface area contributed by atoms with E-state index in [-0.39, 0.29) is 11.6 Å². The van der Waals surface area contributed by atoms with Crippen molar-refractivity contribution in [1.29, 1.82) is 0 Å². The van der Waals surface area contributed by atoms with Gasteiger partial charge in [0.2, 0.25) is 0 Å². The van der Waals surface area contributed by atoms with E-state index in [9.17, 15) is 4.79 Å². The second kappa shape index (κ2) is 8.15. The zero-order chi connectivity index (χ0) is 16.8. The zero-order valence-corrected chi connectivity index (χ0v) is 14.4. The van der Waals surface area contributed by atoms with Gasteiger partial charge in [0.25, 0.3) is 5.91 Å². The number of carbonyl (C=O) groups excluding carboxylic acids is 1. The molecule has 1 aromatic carbocycles. The Morgan fingerprint density at radius 3 is 2.57 bits per heavy atom. The van der Waals surface area contributed by atoms with Gasteiger partial charge in [-0.1, -0.05) is 29.3 Å². The van der Waals surface area contributed by atoms with E-state index < -0.39 is 0 Å². The number of nitrogens with zero attached hydrogens (tertiary/aromatic N) is 2. The van der Waals surface area contributed by atoms with E-state index in [0.717, 1.165) is 18.8 Å². The van der Waals surface area contributed by atoms with Crippen molar-refractivity contribution in [2.75, 3.05) is 37.8 Å². The normalized spacial score (nSPS) is 10.7. The van der Waals surface area contributed by atoms with Gasteiger partial charge in [-0.15, -0.1) is 0 Å². The highest BCUT2D eigenvalue weighted by Gasteiger charge is 2.13. The summed E-state index contributed by atoms with van der Waals surface area (Å²) in [6.45, 7) is 1.66. The largest absolute Gasteiger partial charge is 0.384 e. The van der Waals surface area contributed by atoms with Gasteiger partial charge in [0.1, 0.15) is 5.69 Å². The molecule has 7 heteroatoms. The Morgan fingerprint density at radius 1 is 1.22 bits per heavy atom. The molecular weight excluding hydrogens is 335 g/mol. The molecule has 0 aliphatic heterocycles. The molecule has 0 aliphatic carbocycles. The lowest BCUT2D eigenvalue weighted by molar-refractivity contribution is 0.102. The zero-order valence-electron chi connectivity index (χ0n) is 12.9. The minimum atomic E-state index is -0.365. The molecule has 0 bridgehead atoms. The van der Waals surface area contributed by atoms with Crippen LogP contribution in [-0.2, 0) is 0 Å². The van der Waals surface area contributed by atoms with Crippen LogP contribution in [-0.4, -0.2) is 43.0 Å². The van der Waals surface area contributed by atoms with Crippen LogP contribution in [0.15, 0.2) is 36.5 Å². The van der Waals surface area contributed by atoms with Gasteiger partial charge in [0.15, 0.2) is 0 Å². The van der Waals surface area contributed by atoms with Gasteiger partial charge in [-0.25, -0.2) is 0 Å². The predicted octanol–water partition coefficient (Wildman–Crippen LogP) is 3.61. The van der Waals surface area contributed by atoms with Crippen LogP contribution >= 0.6 is 23.2 Å². The standard InChI is InChI=1S/C16H18Cl2N4O/c1-22(2)9-8-19-11-6-7-20-14(10-11)16(23)21-15-12(17)4-3-5-13(15)18/h3-7,10H,8-9H2,1-2H3,(H,19,20)(H,21,23). The molecule has 122 valence electrons. The Kier molecular flexibility index (Phi) is 6.21. The molecule has 2 rings (SSSR count). The summed E-state index contributed by atoms with van der Waals surface area (Å²) in [5.74, 6) is -0.365. The van der Waals surface area contributed by atoms with E-state index in [1.165, 1.54) is 0 Å². The molecule has 0 saturated carbocycles. The first kappa shape index (κ1) is 17.5. The summed E-state index contributed by atoms with van der Waals surface area (Å²) >= 11 is 12.1. The van der Waals surface area contributed by atoms with Gasteiger partial charge in [-0.05, 0) is 38.4 Å². The van der Waals surface area contributed by atoms with Crippen LogP contribution in [0.4, 0.5) is 11.4 Å². The lowest BCUT2D eigenvalue weighted by atomic mass is 10.2. The van der Waals surface area contributed by atoms with Gasteiger partial charge in [-0.3, -0.25) is 9.78 Å². The van der Waals surface area contributed by atoms with E-state index in [4.69, 9.17) is 23.2 Å². The summed E-state index contributed by atoms with van der Waals surface area (Å²) in [7, 11) is 4.00. The molecule has 1 amide bonds. The van der Waals surface area contributed by atoms with Gasteiger partial charge in [0, 0.05) is 25.0 Å². The summed E-state index contributed by atoms with van der Waals surface area (Å²) in [5.41, 5.74) is 1.50. The summed E-state index contributed by atoms with van der Waals surface area (Å²) < 4.78 is 0. The SMILES string of the molecule is CN(C)CCNc1ccnc(C(=O)Nc2c(Cl)cccc2Cl)c1. The first-order chi connectivity index (χ1) is 11.0. The van der Waals surface area contributed by atoms with E-state index in [1.54, 1.807) is 30.5 Å². The fourth-order valence-electron chi connectivity index (χ4n) is 1.88. The molecular formula is C16H18Cl2N4O. The summed E-state index contributed by atoms with van der Waals surface area (Å²) in [5, 5.41) is 6.70. The number of hydrogen-bond acceptors (Lipinski definition) is 4. The second-order valence-corrected chi connectivity index (χ2v) is 6.02. The topological polar surface area (TPSA) is 57.3 Å². The third kappa shape index (κ3) is 5.10. The highest BCUT2D eigenvalue weighted by Crippen LogP contribution is 2.30. The average Bonchev–Trinajstić information content (AvgIpc) is 2.51. The summed E-state index contributed by atoms with van der Waals surface area (Å²) in [6, 6.07) is 8.55. The van der Waals surface area contributed by atoms with Crippen LogP contribution in [0.1, 0.15) is 10.5 Å². The molecule has 0 radical (unpaired) electrons. The van der Waals surface area contributed by atoms with Gasteiger partial charge < -0.3 is 15.5 Å². The van der Waals surface area contributed by atoms with E-state index >= 15 is 0 Å². The fourth-order valence-corrected chi connectivity index (χ4v) is 2.38. The van der Waals surface area contributed by atoms with Gasteiger partial charge in [0.05, 0.1) is 15.7 Å². The maximum absolute atomic E-state index is 12.3. The Balaban J connectivity index is 2.08. The molecule has 5 nitrogen and oxygen atoms in total. The number of amides is 1. The van der Waals surface area contributed by atoms with Gasteiger partial charge in [-0.2, -0.15) is 0 Å². The monoisotopic (exact) mass is 352 g/mol. The molecule has 0 aliphatic rings. The van der Waals surface area contributed by atoms with Crippen LogP contribution in [0.3, 0.4) is 0 Å². The summed E-state index contributed by atoms with van der Waals surface area (Å²) in [6.07, 6.45) is 1.58. The van der Waals surface area contributed by atoms with Crippen LogP contribution in [0.2, 0.25) is 10.0 Å². The highest BCUT2D eigenvalue weighted by atomic mass is 35.5. The number of pyridine rings is 1. The Hall–Kier alpha value is -1.82. The molecule has 1 aromatic heterocycles. The number of carbonyl (C=O) groups is 1. The lowest BCUT2D eigenvalue weighted by Crippen LogP contribution is -2.21. The van der Waals surface area contributed by atoms with Crippen molar-refractivity contribution in [2.45, 2.75) is 0 Å². The number of hydrogen-bond donors (Lipinski definition) is 2. The molecule has 0 unspecified atom stereocenters. The first-order valence-electron chi connectivity index (χ1n) is 7.07. The number of para-hydroxylation sites is 1. The highest BCUT2D eigenvalue weighted by molar-refractivity contribution is 6.40. The number of anilines is 2. The second-order valence-electron chi connectivity index (χ2n) is 5.21. The van der Waals surface area contributed by atoms with Crippen molar-refractivity contribution in [3.8, 4) is 0 Å². The van der Waals surface area contributed by atoms with Crippen molar-refractivity contribution < 1.29 is 4.79 Å². The van der Waals surface area contributed by atoms with Crippen LogP contribution in [0.25, 0.3) is 0 Å². The first-order valence-corrected chi connectivity index (χ1v) is 7.83. The van der Waals surface area contributed by atoms with Crippen molar-refractivity contribution in [3.63, 3.8) is 0 Å². The number of benzene rings is 1. The van der Waals surface area contributed by atoms with Gasteiger partial charge >= 0.3 is 0 Å². The molecule has 2 N–H and O–H groups in total. The predicted molar refractivity (Wildman–Crippen MR) is 95.7 cm³/mol. The average molecular weight is 353 g/mol. The molecule has 0 spiro atoms. The molecule has 0 fully saturated rings. The van der Waals surface area contributed by atoms with E-state index in [2.05, 4.69) is 20.5 Å². The number of nitrogens with one attached hydrogen (secondary N) is 2. The number of likely N-dealkylation sites (N-methyl/N-ethyl adjacent to an activating group) is 1. The maximum atomic E-state index is 12.3. The minimum Gasteiger partial charge on any atom is -0.384 e. The Labute approximate surface area is 145 Å². The van der Waals surface area contributed by atoms with Crippen LogP contribution < -0.4 is 10.6 Å². The van der Waals surface area contributed by atoms with Crippen molar-refractivity contribution in [3.05, 3.63) is 52.3 Å². The fraction of sp³-hybridized carbons (Fsp3) is 0.250.